The second kappa shape index (κ2) is 23.7. The fourth-order valence-corrected chi connectivity index (χ4v) is 4.85. The number of fused-ring (bicyclic) bond motifs is 1. The maximum atomic E-state index is 13.1. The van der Waals surface area contributed by atoms with Gasteiger partial charge in [0.1, 0.15) is 6.04 Å². The number of amides is 4. The van der Waals surface area contributed by atoms with Gasteiger partial charge in [0.15, 0.2) is 0 Å². The Labute approximate surface area is 283 Å². The predicted molar refractivity (Wildman–Crippen MR) is 172 cm³/mol. The number of rotatable bonds is 28. The van der Waals surface area contributed by atoms with E-state index in [9.17, 15) is 19.2 Å². The molecule has 15 nitrogen and oxygen atoms in total. The van der Waals surface area contributed by atoms with Gasteiger partial charge in [-0.05, 0) is 18.6 Å². The molecular weight excluding hydrogens is 686 g/mol. The third-order valence-electron chi connectivity index (χ3n) is 6.86. The Morgan fingerprint density at radius 1 is 0.660 bits per heavy atom. The van der Waals surface area contributed by atoms with Crippen LogP contribution in [0.25, 0.3) is 0 Å². The van der Waals surface area contributed by atoms with Crippen LogP contribution in [0.4, 0.5) is 5.69 Å². The highest BCUT2D eigenvalue weighted by Crippen LogP contribution is 2.32. The zero-order valence-corrected chi connectivity index (χ0v) is 28.3. The van der Waals surface area contributed by atoms with Gasteiger partial charge in [-0.3, -0.25) is 29.4 Å². The second-order valence-corrected chi connectivity index (χ2v) is 11.0. The molecule has 47 heavy (non-hydrogen) atoms. The monoisotopic (exact) mass is 731 g/mol. The Morgan fingerprint density at radius 2 is 1.13 bits per heavy atom. The zero-order valence-electron chi connectivity index (χ0n) is 26.7. The van der Waals surface area contributed by atoms with Crippen LogP contribution >= 0.6 is 15.9 Å². The van der Waals surface area contributed by atoms with Crippen LogP contribution in [-0.4, -0.2) is 152 Å². The van der Waals surface area contributed by atoms with Crippen molar-refractivity contribution in [3.8, 4) is 0 Å². The van der Waals surface area contributed by atoms with Crippen molar-refractivity contribution in [1.29, 1.82) is 0 Å². The minimum Gasteiger partial charge on any atom is -0.382 e. The van der Waals surface area contributed by atoms with Crippen LogP contribution in [0.2, 0.25) is 0 Å². The Kier molecular flexibility index (Phi) is 19.6. The number of carbonyl (C=O) groups is 4. The van der Waals surface area contributed by atoms with E-state index in [0.29, 0.717) is 118 Å². The van der Waals surface area contributed by atoms with Crippen molar-refractivity contribution in [3.05, 3.63) is 29.3 Å². The summed E-state index contributed by atoms with van der Waals surface area (Å²) in [6, 6.07) is 3.91. The summed E-state index contributed by atoms with van der Waals surface area (Å²) >= 11 is 3.29. The summed E-state index contributed by atoms with van der Waals surface area (Å²) < 4.78 is 43.6. The van der Waals surface area contributed by atoms with E-state index < -0.39 is 29.7 Å². The smallest absolute Gasteiger partial charge is 0.264 e. The summed E-state index contributed by atoms with van der Waals surface area (Å²) in [6.07, 6.45) is 0.177. The van der Waals surface area contributed by atoms with Crippen molar-refractivity contribution in [2.45, 2.75) is 18.9 Å². The molecule has 1 aromatic carbocycles. The van der Waals surface area contributed by atoms with Crippen LogP contribution in [0.1, 0.15) is 33.6 Å². The number of hydrogen-bond donors (Lipinski definition) is 2. The van der Waals surface area contributed by atoms with E-state index >= 15 is 0 Å². The lowest BCUT2D eigenvalue weighted by Gasteiger charge is -2.27. The number of alkyl halides is 1. The molecule has 1 atom stereocenters. The van der Waals surface area contributed by atoms with E-state index in [2.05, 4.69) is 26.6 Å². The van der Waals surface area contributed by atoms with Crippen molar-refractivity contribution >= 4 is 45.2 Å². The van der Waals surface area contributed by atoms with Gasteiger partial charge in [-0.25, -0.2) is 0 Å². The summed E-state index contributed by atoms with van der Waals surface area (Å²) in [4.78, 5) is 50.7. The second-order valence-electron chi connectivity index (χ2n) is 10.2. The quantitative estimate of drug-likeness (QED) is 0.0713. The van der Waals surface area contributed by atoms with Crippen LogP contribution in [0.15, 0.2) is 18.2 Å². The molecule has 1 unspecified atom stereocenters. The number of piperidine rings is 1. The van der Waals surface area contributed by atoms with Gasteiger partial charge in [0, 0.05) is 24.0 Å². The largest absolute Gasteiger partial charge is 0.382 e. The molecule has 0 saturated carbocycles. The highest BCUT2D eigenvalue weighted by atomic mass is 79.9. The fraction of sp³-hybridized carbons (Fsp3) is 0.677. The summed E-state index contributed by atoms with van der Waals surface area (Å²) in [6.45, 7) is 8.14. The molecule has 3 rings (SSSR count). The molecule has 0 bridgehead atoms. The van der Waals surface area contributed by atoms with Crippen molar-refractivity contribution in [2.24, 2.45) is 0 Å². The molecule has 16 heteroatoms. The molecule has 2 aliphatic rings. The number of benzene rings is 1. The number of anilines is 1. The first-order valence-corrected chi connectivity index (χ1v) is 16.9. The number of nitrogens with one attached hydrogen (secondary N) is 2. The van der Waals surface area contributed by atoms with Gasteiger partial charge < -0.3 is 43.2 Å². The van der Waals surface area contributed by atoms with Crippen LogP contribution in [0.5, 0.6) is 0 Å². The third kappa shape index (κ3) is 14.2. The average Bonchev–Trinajstić information content (AvgIpc) is 3.32. The molecule has 264 valence electrons. The number of ether oxygens (including phenoxy) is 8. The highest BCUT2D eigenvalue weighted by molar-refractivity contribution is 9.09. The first-order chi connectivity index (χ1) is 23.0. The lowest BCUT2D eigenvalue weighted by Crippen LogP contribution is -2.54. The fourth-order valence-electron chi connectivity index (χ4n) is 4.62. The standard InChI is InChI=1S/C31H46BrN3O12/c32-6-8-40-10-12-42-14-16-44-18-20-46-22-23-47-21-19-45-17-15-43-13-11-41-9-7-33-25-3-1-2-24-28(25)31(39)35(30(24)38)26-4-5-27(36)34-29(26)37/h1-3,26,33H,4-23H2,(H,34,36,37). The lowest BCUT2D eigenvalue weighted by atomic mass is 10.0. The van der Waals surface area contributed by atoms with E-state index in [-0.39, 0.29) is 24.0 Å². The Balaban J connectivity index is 1.09. The van der Waals surface area contributed by atoms with Gasteiger partial charge in [-0.15, -0.1) is 0 Å². The number of nitrogens with zero attached hydrogens (tertiary/aromatic N) is 1. The normalized spacial score (nSPS) is 16.2. The Morgan fingerprint density at radius 3 is 1.60 bits per heavy atom. The van der Waals surface area contributed by atoms with Crippen LogP contribution in [0, 0.1) is 0 Å². The molecule has 2 heterocycles. The first-order valence-electron chi connectivity index (χ1n) is 15.8. The van der Waals surface area contributed by atoms with Crippen LogP contribution in [-0.2, 0) is 47.5 Å². The van der Waals surface area contributed by atoms with Crippen LogP contribution in [0.3, 0.4) is 0 Å². The molecule has 0 aromatic heterocycles. The van der Waals surface area contributed by atoms with Gasteiger partial charge in [0.05, 0.1) is 117 Å². The van der Waals surface area contributed by atoms with E-state index in [1.54, 1.807) is 18.2 Å². The summed E-state index contributed by atoms with van der Waals surface area (Å²) in [5, 5.41) is 6.15. The lowest BCUT2D eigenvalue weighted by molar-refractivity contribution is -0.136. The molecule has 0 radical (unpaired) electrons. The van der Waals surface area contributed by atoms with E-state index in [1.807, 2.05) is 0 Å². The van der Waals surface area contributed by atoms with Crippen molar-refractivity contribution in [1.82, 2.24) is 10.2 Å². The molecule has 1 aromatic rings. The Hall–Kier alpha value is -2.54. The average molecular weight is 733 g/mol. The minimum atomic E-state index is -1.01. The number of imide groups is 2. The molecule has 1 saturated heterocycles. The van der Waals surface area contributed by atoms with Crippen molar-refractivity contribution in [2.75, 3.05) is 123 Å². The van der Waals surface area contributed by atoms with Gasteiger partial charge in [-0.2, -0.15) is 0 Å². The summed E-state index contributed by atoms with van der Waals surface area (Å²) in [5.74, 6) is -2.16. The molecular formula is C31H46BrN3O12. The zero-order chi connectivity index (χ0) is 33.5. The topological polar surface area (TPSA) is 169 Å². The minimum absolute atomic E-state index is 0.0692. The predicted octanol–water partition coefficient (Wildman–Crippen LogP) is 1.03. The molecule has 1 fully saturated rings. The molecule has 2 aliphatic heterocycles. The van der Waals surface area contributed by atoms with Crippen LogP contribution < -0.4 is 10.6 Å². The van der Waals surface area contributed by atoms with E-state index in [4.69, 9.17) is 37.9 Å². The number of halogens is 1. The van der Waals surface area contributed by atoms with Gasteiger partial charge in [0.2, 0.25) is 11.8 Å². The van der Waals surface area contributed by atoms with Crippen molar-refractivity contribution < 1.29 is 57.1 Å². The molecule has 0 spiro atoms. The number of carbonyl (C=O) groups excluding carboxylic acids is 4. The van der Waals surface area contributed by atoms with Gasteiger partial charge in [0.25, 0.3) is 11.8 Å². The van der Waals surface area contributed by atoms with E-state index in [1.165, 1.54) is 0 Å². The molecule has 2 N–H and O–H groups in total. The van der Waals surface area contributed by atoms with E-state index in [0.717, 1.165) is 10.2 Å². The SMILES string of the molecule is O=C1CCC(N2C(=O)c3cccc(NCCOCCOCCOCCOCCOCCOCCOCCOCCBr)c3C2=O)C(=O)N1. The maximum absolute atomic E-state index is 13.1. The molecule has 0 aliphatic carbocycles. The van der Waals surface area contributed by atoms with Gasteiger partial charge in [-0.1, -0.05) is 22.0 Å². The third-order valence-corrected chi connectivity index (χ3v) is 7.18. The highest BCUT2D eigenvalue weighted by Gasteiger charge is 2.45. The maximum Gasteiger partial charge on any atom is 0.264 e. The van der Waals surface area contributed by atoms with Crippen molar-refractivity contribution in [3.63, 3.8) is 0 Å². The number of hydrogen-bond acceptors (Lipinski definition) is 13. The summed E-state index contributed by atoms with van der Waals surface area (Å²) in [7, 11) is 0. The first kappa shape index (κ1) is 38.9. The van der Waals surface area contributed by atoms with Gasteiger partial charge >= 0.3 is 0 Å². The Bertz CT molecular complexity index is 1110. The summed E-state index contributed by atoms with van der Waals surface area (Å²) in [5.41, 5.74) is 0.918. The molecule has 4 amide bonds.